The Hall–Kier alpha value is -3.26. The van der Waals surface area contributed by atoms with Crippen LogP contribution in [0.1, 0.15) is 34.6 Å². The third-order valence-corrected chi connectivity index (χ3v) is 4.56. The minimum Gasteiger partial charge on any atom is -0.459 e. The Morgan fingerprint density at radius 1 is 0.933 bits per heavy atom. The third-order valence-electron chi connectivity index (χ3n) is 4.56. The minimum absolute atomic E-state index is 0.212. The molecule has 0 N–H and O–H groups in total. The average molecular weight is 416 g/mol. The van der Waals surface area contributed by atoms with Gasteiger partial charge in [0.1, 0.15) is 12.7 Å². The van der Waals surface area contributed by atoms with Gasteiger partial charge in [-0.2, -0.15) is 0 Å². The first kappa shape index (κ1) is 21.4. The first-order chi connectivity index (χ1) is 14.3. The Morgan fingerprint density at radius 3 is 2.00 bits per heavy atom. The molecule has 0 unspecified atom stereocenters. The fourth-order valence-electron chi connectivity index (χ4n) is 3.05. The number of alkyl halides is 1. The van der Waals surface area contributed by atoms with Crippen molar-refractivity contribution < 1.29 is 37.7 Å². The lowest BCUT2D eigenvalue weighted by molar-refractivity contribution is -0.193. The molecular weight excluding hydrogens is 395 g/mol. The summed E-state index contributed by atoms with van der Waals surface area (Å²) in [6, 6.07) is 16.2. The van der Waals surface area contributed by atoms with Crippen LogP contribution >= 0.6 is 0 Å². The Bertz CT molecular complexity index is 898. The molecule has 0 spiro atoms. The van der Waals surface area contributed by atoms with E-state index < -0.39 is 48.7 Å². The Morgan fingerprint density at radius 2 is 1.47 bits per heavy atom. The van der Waals surface area contributed by atoms with Crippen molar-refractivity contribution in [1.29, 1.82) is 0 Å². The normalized spacial score (nSPS) is 25.4. The highest BCUT2D eigenvalue weighted by Gasteiger charge is 2.59. The van der Waals surface area contributed by atoms with E-state index in [1.807, 2.05) is 0 Å². The van der Waals surface area contributed by atoms with Crippen LogP contribution in [0.3, 0.4) is 0 Å². The molecule has 0 bridgehead atoms. The SMILES string of the molecule is CC(=O)O[C@H]1O[C@H](COC(=O)c2ccccc2)[C@@H](OC(=O)c2ccccc2)[C@@]1(C)F. The van der Waals surface area contributed by atoms with Crippen molar-refractivity contribution in [2.75, 3.05) is 6.61 Å². The molecule has 30 heavy (non-hydrogen) atoms. The van der Waals surface area contributed by atoms with E-state index in [9.17, 15) is 14.4 Å². The van der Waals surface area contributed by atoms with E-state index in [0.29, 0.717) is 5.56 Å². The highest BCUT2D eigenvalue weighted by atomic mass is 19.1. The average Bonchev–Trinajstić information content (AvgIpc) is 2.96. The maximum Gasteiger partial charge on any atom is 0.338 e. The maximum absolute atomic E-state index is 15.5. The van der Waals surface area contributed by atoms with Crippen LogP contribution in [0.15, 0.2) is 60.7 Å². The van der Waals surface area contributed by atoms with Crippen LogP contribution in [0.4, 0.5) is 4.39 Å². The first-order valence-electron chi connectivity index (χ1n) is 9.29. The van der Waals surface area contributed by atoms with Gasteiger partial charge >= 0.3 is 17.9 Å². The molecule has 7 nitrogen and oxygen atoms in total. The van der Waals surface area contributed by atoms with Crippen LogP contribution < -0.4 is 0 Å². The zero-order chi connectivity index (χ0) is 21.7. The van der Waals surface area contributed by atoms with E-state index in [0.717, 1.165) is 13.8 Å². The van der Waals surface area contributed by atoms with Gasteiger partial charge < -0.3 is 18.9 Å². The van der Waals surface area contributed by atoms with Gasteiger partial charge in [0.25, 0.3) is 0 Å². The molecule has 1 aliphatic heterocycles. The van der Waals surface area contributed by atoms with Crippen LogP contribution in [0, 0.1) is 0 Å². The van der Waals surface area contributed by atoms with E-state index in [1.165, 1.54) is 12.1 Å². The summed E-state index contributed by atoms with van der Waals surface area (Å²) in [5.74, 6) is -2.20. The van der Waals surface area contributed by atoms with E-state index in [-0.39, 0.29) is 5.56 Å². The Kier molecular flexibility index (Phi) is 6.47. The highest BCUT2D eigenvalue weighted by molar-refractivity contribution is 5.90. The molecule has 4 atom stereocenters. The highest BCUT2D eigenvalue weighted by Crippen LogP contribution is 2.38. The van der Waals surface area contributed by atoms with Crippen LogP contribution in [0.5, 0.6) is 0 Å². The zero-order valence-electron chi connectivity index (χ0n) is 16.4. The number of hydrogen-bond acceptors (Lipinski definition) is 7. The lowest BCUT2D eigenvalue weighted by atomic mass is 9.99. The summed E-state index contributed by atoms with van der Waals surface area (Å²) in [6.45, 7) is 1.80. The summed E-state index contributed by atoms with van der Waals surface area (Å²) < 4.78 is 36.4. The molecule has 8 heteroatoms. The van der Waals surface area contributed by atoms with Crippen molar-refractivity contribution in [1.82, 2.24) is 0 Å². The second kappa shape index (κ2) is 9.04. The molecule has 0 aromatic heterocycles. The van der Waals surface area contributed by atoms with Crippen molar-refractivity contribution >= 4 is 17.9 Å². The molecule has 1 heterocycles. The van der Waals surface area contributed by atoms with Crippen LogP contribution in [0.2, 0.25) is 0 Å². The molecule has 1 aliphatic rings. The van der Waals surface area contributed by atoms with Crippen molar-refractivity contribution in [3.8, 4) is 0 Å². The van der Waals surface area contributed by atoms with Crippen LogP contribution in [-0.2, 0) is 23.7 Å². The first-order valence-corrected chi connectivity index (χ1v) is 9.29. The zero-order valence-corrected chi connectivity index (χ0v) is 16.4. The molecule has 3 rings (SSSR count). The maximum atomic E-state index is 15.5. The van der Waals surface area contributed by atoms with E-state index in [4.69, 9.17) is 18.9 Å². The molecule has 158 valence electrons. The van der Waals surface area contributed by atoms with Crippen LogP contribution in [-0.4, -0.2) is 48.7 Å². The van der Waals surface area contributed by atoms with Gasteiger partial charge in [-0.05, 0) is 31.2 Å². The van der Waals surface area contributed by atoms with Gasteiger partial charge in [0.15, 0.2) is 6.10 Å². The molecule has 2 aromatic rings. The third kappa shape index (κ3) is 4.83. The quantitative estimate of drug-likeness (QED) is 0.528. The molecule has 2 aromatic carbocycles. The largest absolute Gasteiger partial charge is 0.459 e. The van der Waals surface area contributed by atoms with Gasteiger partial charge in [0.05, 0.1) is 11.1 Å². The van der Waals surface area contributed by atoms with E-state index in [2.05, 4.69) is 0 Å². The van der Waals surface area contributed by atoms with Gasteiger partial charge in [-0.25, -0.2) is 14.0 Å². The Balaban J connectivity index is 1.76. The van der Waals surface area contributed by atoms with Gasteiger partial charge in [-0.1, -0.05) is 36.4 Å². The summed E-state index contributed by atoms with van der Waals surface area (Å²) in [5.41, 5.74) is -1.85. The predicted molar refractivity (Wildman–Crippen MR) is 102 cm³/mol. The minimum atomic E-state index is -2.36. The smallest absolute Gasteiger partial charge is 0.338 e. The number of ether oxygens (including phenoxy) is 4. The molecule has 0 radical (unpaired) electrons. The molecule has 0 saturated carbocycles. The van der Waals surface area contributed by atoms with Crippen molar-refractivity contribution in [3.63, 3.8) is 0 Å². The summed E-state index contributed by atoms with van der Waals surface area (Å²) >= 11 is 0. The summed E-state index contributed by atoms with van der Waals surface area (Å²) in [6.07, 6.45) is -4.27. The number of carbonyl (C=O) groups excluding carboxylic acids is 3. The molecule has 1 saturated heterocycles. The number of carbonyl (C=O) groups is 3. The monoisotopic (exact) mass is 416 g/mol. The topological polar surface area (TPSA) is 88.1 Å². The lowest BCUT2D eigenvalue weighted by Crippen LogP contribution is -2.46. The van der Waals surface area contributed by atoms with Crippen molar-refractivity contribution in [2.24, 2.45) is 0 Å². The van der Waals surface area contributed by atoms with Crippen molar-refractivity contribution in [3.05, 3.63) is 71.8 Å². The fourth-order valence-corrected chi connectivity index (χ4v) is 3.05. The fraction of sp³-hybridized carbons (Fsp3) is 0.318. The van der Waals surface area contributed by atoms with Crippen LogP contribution in [0.25, 0.3) is 0 Å². The second-order valence-electron chi connectivity index (χ2n) is 6.92. The molecular formula is C22H21FO7. The van der Waals surface area contributed by atoms with Gasteiger partial charge in [0.2, 0.25) is 12.0 Å². The molecule has 1 fully saturated rings. The standard InChI is InChI=1S/C22H21FO7/c1-14(24)28-21-22(2,23)18(30-20(26)16-11-7-4-8-12-16)17(29-21)13-27-19(25)15-9-5-3-6-10-15/h3-12,17-18,21H,13H2,1-2H3/t17-,18-,21+,22-/m1/s1. The van der Waals surface area contributed by atoms with E-state index >= 15 is 4.39 Å². The number of benzene rings is 2. The number of hydrogen-bond donors (Lipinski definition) is 0. The second-order valence-corrected chi connectivity index (χ2v) is 6.92. The van der Waals surface area contributed by atoms with Gasteiger partial charge in [-0.3, -0.25) is 4.79 Å². The number of rotatable bonds is 6. The predicted octanol–water partition coefficient (Wildman–Crippen LogP) is 3.09. The van der Waals surface area contributed by atoms with Gasteiger partial charge in [-0.15, -0.1) is 0 Å². The summed E-state index contributed by atoms with van der Waals surface area (Å²) in [4.78, 5) is 36.0. The number of esters is 3. The molecule has 0 amide bonds. The van der Waals surface area contributed by atoms with E-state index in [1.54, 1.807) is 48.5 Å². The van der Waals surface area contributed by atoms with Gasteiger partial charge in [0, 0.05) is 6.92 Å². The Labute approximate surface area is 172 Å². The molecule has 0 aliphatic carbocycles. The summed E-state index contributed by atoms with van der Waals surface area (Å²) in [7, 11) is 0. The lowest BCUT2D eigenvalue weighted by Gasteiger charge is -2.26. The van der Waals surface area contributed by atoms with Crippen molar-refractivity contribution in [2.45, 2.75) is 38.0 Å². The number of halogens is 1. The summed E-state index contributed by atoms with van der Waals surface area (Å²) in [5, 5.41) is 0.